The van der Waals surface area contributed by atoms with Crippen LogP contribution in [0.2, 0.25) is 0 Å². The van der Waals surface area contributed by atoms with Crippen molar-refractivity contribution in [1.29, 1.82) is 0 Å². The van der Waals surface area contributed by atoms with Gasteiger partial charge in [-0.15, -0.1) is 14.5 Å². The lowest BCUT2D eigenvalue weighted by atomic mass is 10.1. The first-order valence-corrected chi connectivity index (χ1v) is 10.5. The fourth-order valence-electron chi connectivity index (χ4n) is 2.23. The summed E-state index contributed by atoms with van der Waals surface area (Å²) in [6.07, 6.45) is 0. The maximum absolute atomic E-state index is 12.5. The zero-order valence-corrected chi connectivity index (χ0v) is 17.8. The number of carbonyl (C=O) groups is 2. The number of aryl methyl sites for hydroxylation is 1. The molecule has 1 unspecified atom stereocenters. The Morgan fingerprint density at radius 3 is 2.66 bits per heavy atom. The van der Waals surface area contributed by atoms with E-state index in [0.717, 1.165) is 4.73 Å². The molecule has 29 heavy (non-hydrogen) atoms. The van der Waals surface area contributed by atoms with E-state index >= 15 is 0 Å². The molecule has 13 heteroatoms. The maximum Gasteiger partial charge on any atom is 0.388 e. The highest BCUT2D eigenvalue weighted by Crippen LogP contribution is 2.20. The van der Waals surface area contributed by atoms with E-state index in [1.165, 1.54) is 24.9 Å². The Labute approximate surface area is 172 Å². The minimum absolute atomic E-state index is 0.0273. The Bertz CT molecular complexity index is 986. The van der Waals surface area contributed by atoms with Gasteiger partial charge in [0.2, 0.25) is 16.2 Å². The van der Waals surface area contributed by atoms with Gasteiger partial charge in [0.25, 0.3) is 0 Å². The van der Waals surface area contributed by atoms with Crippen LogP contribution in [-0.2, 0) is 20.1 Å². The van der Waals surface area contributed by atoms with Crippen molar-refractivity contribution in [1.82, 2.24) is 20.0 Å². The number of methoxy groups -OCH3 is 1. The van der Waals surface area contributed by atoms with E-state index in [1.807, 2.05) is 12.4 Å². The van der Waals surface area contributed by atoms with Crippen molar-refractivity contribution >= 4 is 34.8 Å². The lowest BCUT2D eigenvalue weighted by Crippen LogP contribution is -2.39. The topological polar surface area (TPSA) is 131 Å². The highest BCUT2D eigenvalue weighted by Gasteiger charge is 2.23. The molecule has 0 saturated carbocycles. The molecule has 0 radical (unpaired) electrons. The zero-order chi connectivity index (χ0) is 21.6. The number of nitrogens with one attached hydrogen (secondary N) is 1. The molecule has 2 aromatic rings. The van der Waals surface area contributed by atoms with Crippen molar-refractivity contribution in [2.45, 2.75) is 30.8 Å². The number of amides is 1. The second-order valence-electron chi connectivity index (χ2n) is 5.29. The molecule has 0 aliphatic heterocycles. The van der Waals surface area contributed by atoms with Crippen LogP contribution in [0.1, 0.15) is 29.8 Å². The monoisotopic (exact) mass is 444 g/mol. The van der Waals surface area contributed by atoms with Crippen LogP contribution in [0.5, 0.6) is 0 Å². The van der Waals surface area contributed by atoms with Crippen LogP contribution in [-0.4, -0.2) is 50.2 Å². The number of benzene rings is 1. The molecule has 0 spiro atoms. The average Bonchev–Trinajstić information content (AvgIpc) is 3.01. The molecular weight excluding hydrogens is 424 g/mol. The van der Waals surface area contributed by atoms with Gasteiger partial charge in [-0.05, 0) is 31.2 Å². The molecule has 0 fully saturated rings. The number of hydroxylamine groups is 1. The van der Waals surface area contributed by atoms with Gasteiger partial charge in [-0.2, -0.15) is 9.76 Å². The summed E-state index contributed by atoms with van der Waals surface area (Å²) in [4.78, 5) is 41.7. The van der Waals surface area contributed by atoms with Crippen molar-refractivity contribution < 1.29 is 27.7 Å². The summed E-state index contributed by atoms with van der Waals surface area (Å²) in [7, 11) is 1.19. The molecule has 2 rings (SSSR count). The summed E-state index contributed by atoms with van der Waals surface area (Å²) in [6.45, 7) is 5.33. The molecule has 1 aromatic heterocycles. The molecule has 0 saturated heterocycles. The first-order valence-electron chi connectivity index (χ1n) is 8.41. The summed E-state index contributed by atoms with van der Waals surface area (Å²) in [5.74, 6) is -0.116. The fourth-order valence-corrected chi connectivity index (χ4v) is 3.77. The normalized spacial score (nSPS) is 11.7. The lowest BCUT2D eigenvalue weighted by molar-refractivity contribution is 0.0596. The van der Waals surface area contributed by atoms with E-state index in [4.69, 9.17) is 9.12 Å². The quantitative estimate of drug-likeness (QED) is 0.358. The summed E-state index contributed by atoms with van der Waals surface area (Å²) in [5, 5.41) is 4.07. The van der Waals surface area contributed by atoms with Crippen molar-refractivity contribution in [2.75, 3.05) is 19.5 Å². The summed E-state index contributed by atoms with van der Waals surface area (Å²) >= 11 is -1.06. The molecule has 0 bridgehead atoms. The van der Waals surface area contributed by atoms with E-state index in [2.05, 4.69) is 9.84 Å². The van der Waals surface area contributed by atoms with Crippen molar-refractivity contribution in [3.05, 3.63) is 39.8 Å². The number of aromatic nitrogens is 3. The molecule has 1 aromatic carbocycles. The molecule has 158 valence electrons. The van der Waals surface area contributed by atoms with Gasteiger partial charge in [0, 0.05) is 0 Å². The number of hydrogen-bond donors (Lipinski definition) is 1. The highest BCUT2D eigenvalue weighted by atomic mass is 32.2. The van der Waals surface area contributed by atoms with Gasteiger partial charge in [-0.1, -0.05) is 30.8 Å². The van der Waals surface area contributed by atoms with Crippen LogP contribution in [0.15, 0.2) is 33.0 Å². The summed E-state index contributed by atoms with van der Waals surface area (Å²) in [6, 6.07) is 3.55. The average molecular weight is 444 g/mol. The molecule has 1 atom stereocenters. The molecule has 0 aliphatic rings. The third-order valence-electron chi connectivity index (χ3n) is 3.43. The van der Waals surface area contributed by atoms with Crippen LogP contribution in [0.25, 0.3) is 0 Å². The Kier molecular flexibility index (Phi) is 7.99. The van der Waals surface area contributed by atoms with E-state index < -0.39 is 28.8 Å². The lowest BCUT2D eigenvalue weighted by Gasteiger charge is -2.10. The smallest absolute Gasteiger partial charge is 0.388 e. The van der Waals surface area contributed by atoms with Crippen molar-refractivity contribution in [3.63, 3.8) is 0 Å². The number of esters is 1. The van der Waals surface area contributed by atoms with Crippen molar-refractivity contribution in [2.24, 2.45) is 0 Å². The van der Waals surface area contributed by atoms with Gasteiger partial charge >= 0.3 is 17.7 Å². The summed E-state index contributed by atoms with van der Waals surface area (Å²) in [5.41, 5.74) is 1.57. The highest BCUT2D eigenvalue weighted by molar-refractivity contribution is 7.99. The second kappa shape index (κ2) is 10.2. The van der Waals surface area contributed by atoms with Crippen LogP contribution in [0.3, 0.4) is 0 Å². The minimum atomic E-state index is -2.25. The number of carbonyl (C=O) groups excluding carboxylic acids is 2. The number of hydrogen-bond acceptors (Lipinski definition) is 9. The van der Waals surface area contributed by atoms with Gasteiger partial charge in [0.15, 0.2) is 0 Å². The predicted octanol–water partition coefficient (Wildman–Crippen LogP) is 0.912. The molecule has 1 heterocycles. The van der Waals surface area contributed by atoms with E-state index in [0.29, 0.717) is 16.0 Å². The second-order valence-corrected chi connectivity index (χ2v) is 7.57. The van der Waals surface area contributed by atoms with Gasteiger partial charge in [-0.3, -0.25) is 0 Å². The molecule has 1 N–H and O–H groups in total. The predicted molar refractivity (Wildman–Crippen MR) is 104 cm³/mol. The fraction of sp³-hybridized carbons (Fsp3) is 0.375. The largest absolute Gasteiger partial charge is 0.465 e. The Balaban J connectivity index is 2.22. The van der Waals surface area contributed by atoms with Crippen LogP contribution in [0.4, 0.5) is 4.79 Å². The zero-order valence-electron chi connectivity index (χ0n) is 16.2. The van der Waals surface area contributed by atoms with Crippen LogP contribution < -0.4 is 16.0 Å². The standard InChI is InChI=1S/C16H20N4O7S2/c1-5-26-20-15(28-6-2)17-19(16(20)23)14(22)18-27-29(24)12-10(3)8-7-9-11(12)13(21)25-4/h7-9H,5-6H2,1-4H3,(H,18,22). The number of nitrogens with zero attached hydrogens (tertiary/aromatic N) is 3. The molecular formula is C16H20N4O7S2. The van der Waals surface area contributed by atoms with Gasteiger partial charge in [-0.25, -0.2) is 18.6 Å². The molecule has 1 amide bonds. The molecule has 11 nitrogen and oxygen atoms in total. The Morgan fingerprint density at radius 2 is 2.03 bits per heavy atom. The van der Waals surface area contributed by atoms with Crippen LogP contribution >= 0.6 is 11.8 Å². The third kappa shape index (κ3) is 5.05. The molecule has 0 aliphatic carbocycles. The van der Waals surface area contributed by atoms with E-state index in [9.17, 15) is 18.6 Å². The first-order chi connectivity index (χ1) is 13.8. The number of ether oxygens (including phenoxy) is 1. The van der Waals surface area contributed by atoms with Crippen LogP contribution in [0, 0.1) is 6.92 Å². The van der Waals surface area contributed by atoms with Gasteiger partial charge < -0.3 is 9.57 Å². The third-order valence-corrected chi connectivity index (χ3v) is 5.33. The minimum Gasteiger partial charge on any atom is -0.465 e. The summed E-state index contributed by atoms with van der Waals surface area (Å²) < 4.78 is 23.5. The van der Waals surface area contributed by atoms with Crippen molar-refractivity contribution in [3.8, 4) is 0 Å². The Morgan fingerprint density at radius 1 is 1.31 bits per heavy atom. The maximum atomic E-state index is 12.5. The van der Waals surface area contributed by atoms with Gasteiger partial charge in [0.1, 0.15) is 6.61 Å². The Hall–Kier alpha value is -2.64. The van der Waals surface area contributed by atoms with E-state index in [-0.39, 0.29) is 22.2 Å². The van der Waals surface area contributed by atoms with Gasteiger partial charge in [0.05, 0.1) is 17.6 Å². The van der Waals surface area contributed by atoms with E-state index in [1.54, 1.807) is 26.0 Å². The SMILES string of the molecule is CCOn1c(SCC)nn(C(=O)NOS(=O)c2c(C)cccc2C(=O)OC)c1=O. The first kappa shape index (κ1) is 22.6. The number of rotatable bonds is 8. The number of thioether (sulfide) groups is 1.